The Morgan fingerprint density at radius 1 is 1.07 bits per heavy atom. The smallest absolute Gasteiger partial charge is 0.262 e. The van der Waals surface area contributed by atoms with Crippen LogP contribution in [0, 0.1) is 12.8 Å². The topological polar surface area (TPSA) is 101 Å². The number of benzene rings is 2. The number of hydrogen-bond donors (Lipinski definition) is 3. The fourth-order valence-corrected chi connectivity index (χ4v) is 4.72. The maximum Gasteiger partial charge on any atom is 0.262 e. The molecule has 0 bridgehead atoms. The van der Waals surface area contributed by atoms with Crippen molar-refractivity contribution in [2.45, 2.75) is 43.5 Å². The molecular weight excluding hydrogens is 362 g/mol. The number of nitrogens with one attached hydrogen (secondary N) is 2. The molecule has 1 aliphatic rings. The molecule has 4 N–H and O–H groups in total. The van der Waals surface area contributed by atoms with Gasteiger partial charge in [0.15, 0.2) is 0 Å². The number of nitrogens with two attached hydrogens (primary N) is 1. The summed E-state index contributed by atoms with van der Waals surface area (Å²) in [5.41, 5.74) is 7.53. The minimum Gasteiger partial charge on any atom is -0.328 e. The van der Waals surface area contributed by atoms with E-state index in [9.17, 15) is 13.2 Å². The van der Waals surface area contributed by atoms with Crippen LogP contribution in [0.5, 0.6) is 0 Å². The van der Waals surface area contributed by atoms with Gasteiger partial charge in [-0.3, -0.25) is 9.52 Å². The van der Waals surface area contributed by atoms with E-state index in [1.54, 1.807) is 43.3 Å². The van der Waals surface area contributed by atoms with Crippen LogP contribution in [0.15, 0.2) is 53.4 Å². The third kappa shape index (κ3) is 4.87. The standard InChI is InChI=1S/C20H25N3O3S/c1-14-10-11-18(22-20(24)15-6-5-7-16(21)12-15)13-19(14)27(25,26)23-17-8-3-2-4-9-17/h2-4,8-11,13,15-16,23H,5-7,12,21H2,1H3,(H,22,24). The van der Waals surface area contributed by atoms with Gasteiger partial charge in [-0.15, -0.1) is 0 Å². The first-order chi connectivity index (χ1) is 12.8. The van der Waals surface area contributed by atoms with E-state index in [1.165, 1.54) is 6.07 Å². The number of rotatable bonds is 5. The van der Waals surface area contributed by atoms with Crippen molar-refractivity contribution in [3.8, 4) is 0 Å². The summed E-state index contributed by atoms with van der Waals surface area (Å²) >= 11 is 0. The Balaban J connectivity index is 1.78. The second-order valence-corrected chi connectivity index (χ2v) is 8.72. The van der Waals surface area contributed by atoms with E-state index >= 15 is 0 Å². The van der Waals surface area contributed by atoms with Gasteiger partial charge >= 0.3 is 0 Å². The van der Waals surface area contributed by atoms with Gasteiger partial charge in [0.1, 0.15) is 0 Å². The molecule has 1 amide bonds. The molecular formula is C20H25N3O3S. The Hall–Kier alpha value is -2.38. The van der Waals surface area contributed by atoms with Crippen LogP contribution < -0.4 is 15.8 Å². The summed E-state index contributed by atoms with van der Waals surface area (Å²) < 4.78 is 28.1. The van der Waals surface area contributed by atoms with Gasteiger partial charge in [0.05, 0.1) is 4.90 Å². The third-order valence-corrected chi connectivity index (χ3v) is 6.38. The van der Waals surface area contributed by atoms with Crippen LogP contribution in [0.1, 0.15) is 31.2 Å². The van der Waals surface area contributed by atoms with Gasteiger partial charge in [-0.25, -0.2) is 8.42 Å². The van der Waals surface area contributed by atoms with Crippen molar-refractivity contribution in [1.82, 2.24) is 0 Å². The molecule has 1 fully saturated rings. The predicted molar refractivity (Wildman–Crippen MR) is 107 cm³/mol. The molecule has 1 saturated carbocycles. The molecule has 2 atom stereocenters. The fraction of sp³-hybridized carbons (Fsp3) is 0.350. The van der Waals surface area contributed by atoms with Crippen molar-refractivity contribution in [3.05, 3.63) is 54.1 Å². The molecule has 3 rings (SSSR count). The van der Waals surface area contributed by atoms with Gasteiger partial charge in [-0.1, -0.05) is 30.7 Å². The fourth-order valence-electron chi connectivity index (χ4n) is 3.39. The first kappa shape index (κ1) is 19.4. The third-order valence-electron chi connectivity index (χ3n) is 4.86. The Morgan fingerprint density at radius 3 is 2.52 bits per heavy atom. The van der Waals surface area contributed by atoms with Crippen molar-refractivity contribution in [2.75, 3.05) is 10.0 Å². The van der Waals surface area contributed by atoms with Gasteiger partial charge in [0.2, 0.25) is 5.91 Å². The number of carbonyl (C=O) groups excluding carboxylic acids is 1. The number of hydrogen-bond acceptors (Lipinski definition) is 4. The van der Waals surface area contributed by atoms with Crippen molar-refractivity contribution < 1.29 is 13.2 Å². The van der Waals surface area contributed by atoms with Crippen molar-refractivity contribution in [3.63, 3.8) is 0 Å². The highest BCUT2D eigenvalue weighted by atomic mass is 32.2. The summed E-state index contributed by atoms with van der Waals surface area (Å²) in [6.07, 6.45) is 3.36. The quantitative estimate of drug-likeness (QED) is 0.733. The molecule has 1 aliphatic carbocycles. The molecule has 2 unspecified atom stereocenters. The van der Waals surface area contributed by atoms with E-state index in [0.29, 0.717) is 23.4 Å². The highest BCUT2D eigenvalue weighted by Crippen LogP contribution is 2.26. The first-order valence-corrected chi connectivity index (χ1v) is 10.6. The van der Waals surface area contributed by atoms with Crippen LogP contribution >= 0.6 is 0 Å². The van der Waals surface area contributed by atoms with Gasteiger partial charge in [-0.2, -0.15) is 0 Å². The van der Waals surface area contributed by atoms with Gasteiger partial charge in [0.25, 0.3) is 10.0 Å². The zero-order valence-corrected chi connectivity index (χ0v) is 16.1. The Bertz CT molecular complexity index is 913. The van der Waals surface area contributed by atoms with Gasteiger partial charge in [0, 0.05) is 23.3 Å². The summed E-state index contributed by atoms with van der Waals surface area (Å²) in [6.45, 7) is 1.73. The molecule has 0 saturated heterocycles. The number of anilines is 2. The largest absolute Gasteiger partial charge is 0.328 e. The number of para-hydroxylation sites is 1. The van der Waals surface area contributed by atoms with Crippen LogP contribution in [0.3, 0.4) is 0 Å². The molecule has 0 aliphatic heterocycles. The molecule has 27 heavy (non-hydrogen) atoms. The first-order valence-electron chi connectivity index (χ1n) is 9.10. The highest BCUT2D eigenvalue weighted by molar-refractivity contribution is 7.92. The molecule has 0 aromatic heterocycles. The molecule has 7 heteroatoms. The summed E-state index contributed by atoms with van der Waals surface area (Å²) in [7, 11) is -3.76. The number of aryl methyl sites for hydroxylation is 1. The van der Waals surface area contributed by atoms with Gasteiger partial charge < -0.3 is 11.1 Å². The van der Waals surface area contributed by atoms with E-state index < -0.39 is 10.0 Å². The zero-order chi connectivity index (χ0) is 19.4. The lowest BCUT2D eigenvalue weighted by Gasteiger charge is -2.25. The minimum atomic E-state index is -3.76. The Labute approximate surface area is 160 Å². The summed E-state index contributed by atoms with van der Waals surface area (Å²) in [4.78, 5) is 12.7. The van der Waals surface area contributed by atoms with Crippen molar-refractivity contribution in [2.24, 2.45) is 11.7 Å². The Kier molecular flexibility index (Phi) is 5.82. The normalized spacial score (nSPS) is 20.1. The van der Waals surface area contributed by atoms with Crippen molar-refractivity contribution in [1.29, 1.82) is 0 Å². The van der Waals surface area contributed by atoms with Gasteiger partial charge in [-0.05, 0) is 56.0 Å². The summed E-state index contributed by atoms with van der Waals surface area (Å²) in [5, 5.41) is 2.85. The average Bonchev–Trinajstić information content (AvgIpc) is 2.63. The molecule has 6 nitrogen and oxygen atoms in total. The van der Waals surface area contributed by atoms with E-state index in [1.807, 2.05) is 6.07 Å². The van der Waals surface area contributed by atoms with E-state index in [4.69, 9.17) is 5.73 Å². The molecule has 144 valence electrons. The minimum absolute atomic E-state index is 0.0542. The summed E-state index contributed by atoms with van der Waals surface area (Å²) in [5.74, 6) is -0.231. The van der Waals surface area contributed by atoms with Crippen molar-refractivity contribution >= 4 is 27.3 Å². The number of sulfonamides is 1. The molecule has 0 radical (unpaired) electrons. The number of amides is 1. The SMILES string of the molecule is Cc1ccc(NC(=O)C2CCCC(N)C2)cc1S(=O)(=O)Nc1ccccc1. The van der Waals surface area contributed by atoms with Crippen LogP contribution in [-0.4, -0.2) is 20.4 Å². The van der Waals surface area contributed by atoms with E-state index in [-0.39, 0.29) is 22.8 Å². The average molecular weight is 388 g/mol. The van der Waals surface area contributed by atoms with Crippen LogP contribution in [0.2, 0.25) is 0 Å². The molecule has 0 spiro atoms. The second kappa shape index (κ2) is 8.10. The lowest BCUT2D eigenvalue weighted by atomic mass is 9.85. The highest BCUT2D eigenvalue weighted by Gasteiger charge is 2.26. The molecule has 2 aromatic carbocycles. The van der Waals surface area contributed by atoms with E-state index in [2.05, 4.69) is 10.0 Å². The monoisotopic (exact) mass is 387 g/mol. The Morgan fingerprint density at radius 2 is 1.81 bits per heavy atom. The maximum absolute atomic E-state index is 12.8. The lowest BCUT2D eigenvalue weighted by Crippen LogP contribution is -2.34. The number of carbonyl (C=O) groups is 1. The van der Waals surface area contributed by atoms with E-state index in [0.717, 1.165) is 19.3 Å². The van der Waals surface area contributed by atoms with Crippen LogP contribution in [0.4, 0.5) is 11.4 Å². The lowest BCUT2D eigenvalue weighted by molar-refractivity contribution is -0.120. The predicted octanol–water partition coefficient (Wildman–Crippen LogP) is 3.25. The van der Waals surface area contributed by atoms with Crippen LogP contribution in [-0.2, 0) is 14.8 Å². The molecule has 2 aromatic rings. The summed E-state index contributed by atoms with van der Waals surface area (Å²) in [6, 6.07) is 13.7. The zero-order valence-electron chi connectivity index (χ0n) is 15.3. The van der Waals surface area contributed by atoms with Crippen LogP contribution in [0.25, 0.3) is 0 Å². The second-order valence-electron chi connectivity index (χ2n) is 7.06. The molecule has 0 heterocycles. The maximum atomic E-state index is 12.8.